The highest BCUT2D eigenvalue weighted by Gasteiger charge is 2.43. The number of hydrogen-bond acceptors (Lipinski definition) is 3. The molecule has 3 rings (SSSR count). The van der Waals surface area contributed by atoms with Crippen molar-refractivity contribution in [1.82, 2.24) is 14.9 Å². The molecule has 0 amide bonds. The van der Waals surface area contributed by atoms with E-state index in [0.717, 1.165) is 25.6 Å². The molecular weight excluding hydrogens is 336 g/mol. The zero-order valence-corrected chi connectivity index (χ0v) is 15.7. The molecule has 1 aromatic carbocycles. The summed E-state index contributed by atoms with van der Waals surface area (Å²) < 4.78 is 27.0. The van der Waals surface area contributed by atoms with E-state index < -0.39 is 10.0 Å². The number of nitrogens with one attached hydrogen (secondary N) is 2. The molecule has 0 aromatic heterocycles. The second kappa shape index (κ2) is 7.74. The van der Waals surface area contributed by atoms with Crippen LogP contribution in [0.3, 0.4) is 0 Å². The van der Waals surface area contributed by atoms with E-state index in [1.807, 2.05) is 0 Å². The first-order valence-electron chi connectivity index (χ1n) is 9.13. The highest BCUT2D eigenvalue weighted by atomic mass is 32.2. The molecular formula is C18H28N4O2S. The quantitative estimate of drug-likeness (QED) is 0.459. The summed E-state index contributed by atoms with van der Waals surface area (Å²) in [5, 5.41) is 3.34. The lowest BCUT2D eigenvalue weighted by atomic mass is 9.68. The number of hydrogen-bond donors (Lipinski definition) is 2. The fourth-order valence-electron chi connectivity index (χ4n) is 3.65. The van der Waals surface area contributed by atoms with E-state index in [1.54, 1.807) is 30.3 Å². The molecule has 0 unspecified atom stereocenters. The highest BCUT2D eigenvalue weighted by Crippen LogP contribution is 2.47. The monoisotopic (exact) mass is 364 g/mol. The Bertz CT molecular complexity index is 699. The van der Waals surface area contributed by atoms with Gasteiger partial charge in [0.15, 0.2) is 5.96 Å². The second-order valence-electron chi connectivity index (χ2n) is 6.97. The maximum absolute atomic E-state index is 12.2. The first-order valence-corrected chi connectivity index (χ1v) is 10.6. The van der Waals surface area contributed by atoms with Crippen molar-refractivity contribution in [3.8, 4) is 0 Å². The molecule has 1 aliphatic carbocycles. The molecule has 0 radical (unpaired) electrons. The van der Waals surface area contributed by atoms with Gasteiger partial charge in [-0.2, -0.15) is 0 Å². The SMILES string of the molecule is CCNC(=NCCNS(=O)(=O)c1ccccc1)N1CCC2(CCC2)C1. The number of sulfonamides is 1. The average molecular weight is 365 g/mol. The number of aliphatic imine (C=N–C) groups is 1. The van der Waals surface area contributed by atoms with Gasteiger partial charge in [-0.3, -0.25) is 4.99 Å². The van der Waals surface area contributed by atoms with Crippen LogP contribution in [0.4, 0.5) is 0 Å². The molecule has 0 atom stereocenters. The summed E-state index contributed by atoms with van der Waals surface area (Å²) in [6, 6.07) is 8.44. The minimum atomic E-state index is -3.46. The van der Waals surface area contributed by atoms with Crippen LogP contribution in [0.2, 0.25) is 0 Å². The van der Waals surface area contributed by atoms with E-state index in [0.29, 0.717) is 18.5 Å². The predicted molar refractivity (Wildman–Crippen MR) is 100 cm³/mol. The van der Waals surface area contributed by atoms with Crippen LogP contribution in [-0.4, -0.2) is 52.0 Å². The van der Waals surface area contributed by atoms with Crippen molar-refractivity contribution in [2.24, 2.45) is 10.4 Å². The van der Waals surface area contributed by atoms with Crippen LogP contribution in [0.5, 0.6) is 0 Å². The Morgan fingerprint density at radius 3 is 2.60 bits per heavy atom. The largest absolute Gasteiger partial charge is 0.357 e. The molecule has 1 saturated heterocycles. The number of likely N-dealkylation sites (tertiary alicyclic amines) is 1. The Morgan fingerprint density at radius 2 is 2.00 bits per heavy atom. The molecule has 138 valence electrons. The topological polar surface area (TPSA) is 73.8 Å². The first kappa shape index (κ1) is 18.2. The van der Waals surface area contributed by atoms with E-state index in [1.165, 1.54) is 25.7 Å². The number of nitrogens with zero attached hydrogens (tertiary/aromatic N) is 2. The summed E-state index contributed by atoms with van der Waals surface area (Å²) in [5.74, 6) is 0.908. The van der Waals surface area contributed by atoms with Crippen molar-refractivity contribution in [1.29, 1.82) is 0 Å². The van der Waals surface area contributed by atoms with Gasteiger partial charge in [-0.05, 0) is 43.7 Å². The van der Waals surface area contributed by atoms with Crippen molar-refractivity contribution < 1.29 is 8.42 Å². The maximum atomic E-state index is 12.2. The van der Waals surface area contributed by atoms with Gasteiger partial charge in [0, 0.05) is 26.2 Å². The Kier molecular flexibility index (Phi) is 5.64. The van der Waals surface area contributed by atoms with E-state index >= 15 is 0 Å². The smallest absolute Gasteiger partial charge is 0.240 e. The lowest BCUT2D eigenvalue weighted by Crippen LogP contribution is -2.43. The van der Waals surface area contributed by atoms with Crippen LogP contribution in [0.15, 0.2) is 40.2 Å². The molecule has 2 N–H and O–H groups in total. The molecule has 1 heterocycles. The normalized spacial score (nSPS) is 19.9. The number of rotatable bonds is 6. The van der Waals surface area contributed by atoms with Gasteiger partial charge < -0.3 is 10.2 Å². The fraction of sp³-hybridized carbons (Fsp3) is 0.611. The van der Waals surface area contributed by atoms with Crippen LogP contribution in [0.1, 0.15) is 32.6 Å². The van der Waals surface area contributed by atoms with Crippen LogP contribution in [0, 0.1) is 5.41 Å². The number of guanidine groups is 1. The van der Waals surface area contributed by atoms with Gasteiger partial charge in [0.05, 0.1) is 11.4 Å². The van der Waals surface area contributed by atoms with Gasteiger partial charge in [-0.1, -0.05) is 24.6 Å². The lowest BCUT2D eigenvalue weighted by Gasteiger charge is -2.38. The third kappa shape index (κ3) is 4.33. The molecule has 1 saturated carbocycles. The summed E-state index contributed by atoms with van der Waals surface area (Å²) >= 11 is 0. The Labute approximate surface area is 150 Å². The molecule has 1 spiro atoms. The Balaban J connectivity index is 1.54. The predicted octanol–water partition coefficient (Wildman–Crippen LogP) is 1.81. The van der Waals surface area contributed by atoms with Gasteiger partial charge in [0.25, 0.3) is 0 Å². The van der Waals surface area contributed by atoms with Gasteiger partial charge in [0.1, 0.15) is 0 Å². The fourth-order valence-corrected chi connectivity index (χ4v) is 4.69. The molecule has 7 heteroatoms. The van der Waals surface area contributed by atoms with E-state index in [9.17, 15) is 8.42 Å². The van der Waals surface area contributed by atoms with Gasteiger partial charge in [-0.25, -0.2) is 13.1 Å². The van der Waals surface area contributed by atoms with Crippen molar-refractivity contribution >= 4 is 16.0 Å². The molecule has 6 nitrogen and oxygen atoms in total. The molecule has 2 aliphatic rings. The van der Waals surface area contributed by atoms with Gasteiger partial charge >= 0.3 is 0 Å². The minimum absolute atomic E-state index is 0.289. The second-order valence-corrected chi connectivity index (χ2v) is 8.74. The van der Waals surface area contributed by atoms with Crippen molar-refractivity contribution in [2.45, 2.75) is 37.5 Å². The zero-order chi connectivity index (χ0) is 17.8. The minimum Gasteiger partial charge on any atom is -0.357 e. The van der Waals surface area contributed by atoms with Crippen LogP contribution in [0.25, 0.3) is 0 Å². The highest BCUT2D eigenvalue weighted by molar-refractivity contribution is 7.89. The summed E-state index contributed by atoms with van der Waals surface area (Å²) in [4.78, 5) is 7.24. The van der Waals surface area contributed by atoms with Crippen LogP contribution < -0.4 is 10.0 Å². The van der Waals surface area contributed by atoms with Crippen molar-refractivity contribution in [3.63, 3.8) is 0 Å². The first-order chi connectivity index (χ1) is 12.0. The molecule has 25 heavy (non-hydrogen) atoms. The summed E-state index contributed by atoms with van der Waals surface area (Å²) in [6.45, 7) is 5.72. The molecule has 1 aliphatic heterocycles. The van der Waals surface area contributed by atoms with Gasteiger partial charge in [-0.15, -0.1) is 0 Å². The Morgan fingerprint density at radius 1 is 1.24 bits per heavy atom. The zero-order valence-electron chi connectivity index (χ0n) is 14.9. The van der Waals surface area contributed by atoms with E-state index in [-0.39, 0.29) is 4.90 Å². The lowest BCUT2D eigenvalue weighted by molar-refractivity contribution is 0.151. The van der Waals surface area contributed by atoms with Crippen molar-refractivity contribution in [3.05, 3.63) is 30.3 Å². The summed E-state index contributed by atoms with van der Waals surface area (Å²) in [7, 11) is -3.46. The van der Waals surface area contributed by atoms with Crippen molar-refractivity contribution in [2.75, 3.05) is 32.7 Å². The molecule has 0 bridgehead atoms. The third-order valence-corrected chi connectivity index (χ3v) is 6.68. The molecule has 2 fully saturated rings. The summed E-state index contributed by atoms with van der Waals surface area (Å²) in [5.41, 5.74) is 0.519. The van der Waals surface area contributed by atoms with Gasteiger partial charge in [0.2, 0.25) is 10.0 Å². The third-order valence-electron chi connectivity index (χ3n) is 5.21. The standard InChI is InChI=1S/C18H28N4O2S/c1-2-19-17(22-14-11-18(15-22)9-6-10-18)20-12-13-21-25(23,24)16-7-4-3-5-8-16/h3-5,7-8,21H,2,6,9-15H2,1H3,(H,19,20). The summed E-state index contributed by atoms with van der Waals surface area (Å²) in [6.07, 6.45) is 5.26. The van der Waals surface area contributed by atoms with E-state index in [4.69, 9.17) is 0 Å². The van der Waals surface area contributed by atoms with Crippen LogP contribution >= 0.6 is 0 Å². The van der Waals surface area contributed by atoms with E-state index in [2.05, 4.69) is 26.9 Å². The van der Waals surface area contributed by atoms with Crippen LogP contribution in [-0.2, 0) is 10.0 Å². The molecule has 1 aromatic rings. The Hall–Kier alpha value is -1.60. The maximum Gasteiger partial charge on any atom is 0.240 e. The number of benzene rings is 1. The average Bonchev–Trinajstić information content (AvgIpc) is 3.04.